The predicted octanol–water partition coefficient (Wildman–Crippen LogP) is 1.64. The number of carbonyl (C=O) groups excluding carboxylic acids is 1. The first kappa shape index (κ1) is 10.8. The van der Waals surface area contributed by atoms with Gasteiger partial charge in [0.2, 0.25) is 5.75 Å². The van der Waals surface area contributed by atoms with Crippen molar-refractivity contribution >= 4 is 6.29 Å². The summed E-state index contributed by atoms with van der Waals surface area (Å²) in [5.41, 5.74) is 0.447. The zero-order valence-corrected chi connectivity index (χ0v) is 9.32. The first-order chi connectivity index (χ1) is 7.66. The normalized spacial score (nSPS) is 16.6. The van der Waals surface area contributed by atoms with E-state index in [1.807, 2.05) is 0 Å². The molecule has 1 aromatic carbocycles. The molecule has 1 saturated carbocycles. The smallest absolute Gasteiger partial charge is 0.200 e. The Balaban J connectivity index is 2.51. The molecule has 4 heteroatoms. The molecule has 0 atom stereocenters. The van der Waals surface area contributed by atoms with Crippen molar-refractivity contribution in [2.24, 2.45) is 0 Å². The molecule has 0 spiro atoms. The topological polar surface area (TPSA) is 55.8 Å². The lowest BCUT2D eigenvalue weighted by molar-refractivity contribution is -0.109. The first-order valence-electron chi connectivity index (χ1n) is 5.08. The van der Waals surface area contributed by atoms with Crippen molar-refractivity contribution in [1.29, 1.82) is 0 Å². The van der Waals surface area contributed by atoms with Gasteiger partial charge in [-0.05, 0) is 30.5 Å². The third-order valence-corrected chi connectivity index (χ3v) is 3.07. The van der Waals surface area contributed by atoms with Gasteiger partial charge in [-0.15, -0.1) is 0 Å². The van der Waals surface area contributed by atoms with Crippen molar-refractivity contribution < 1.29 is 19.4 Å². The van der Waals surface area contributed by atoms with Gasteiger partial charge in [-0.3, -0.25) is 0 Å². The van der Waals surface area contributed by atoms with E-state index in [-0.39, 0.29) is 5.75 Å². The Morgan fingerprint density at radius 2 is 1.75 bits per heavy atom. The molecule has 1 fully saturated rings. The number of carbonyl (C=O) groups is 1. The minimum absolute atomic E-state index is 0.0320. The molecule has 0 amide bonds. The van der Waals surface area contributed by atoms with E-state index in [2.05, 4.69) is 0 Å². The average Bonchev–Trinajstić information content (AvgIpc) is 3.10. The van der Waals surface area contributed by atoms with Crippen LogP contribution in [0.2, 0.25) is 0 Å². The maximum atomic E-state index is 11.0. The van der Waals surface area contributed by atoms with Crippen LogP contribution in [-0.2, 0) is 10.2 Å². The van der Waals surface area contributed by atoms with E-state index in [4.69, 9.17) is 9.47 Å². The molecule has 1 N–H and O–H groups in total. The third-order valence-electron chi connectivity index (χ3n) is 3.07. The van der Waals surface area contributed by atoms with Gasteiger partial charge in [-0.2, -0.15) is 0 Å². The number of aldehydes is 1. The lowest BCUT2D eigenvalue weighted by Gasteiger charge is -2.14. The second-order valence-electron chi connectivity index (χ2n) is 4.00. The predicted molar refractivity (Wildman–Crippen MR) is 58.2 cm³/mol. The van der Waals surface area contributed by atoms with Crippen LogP contribution in [0.4, 0.5) is 0 Å². The highest BCUT2D eigenvalue weighted by Crippen LogP contribution is 2.50. The molecule has 0 bridgehead atoms. The Kier molecular flexibility index (Phi) is 2.50. The van der Waals surface area contributed by atoms with Gasteiger partial charge < -0.3 is 19.4 Å². The summed E-state index contributed by atoms with van der Waals surface area (Å²) in [6.45, 7) is 0. The SMILES string of the molecule is COc1cc(C2(C=O)CC2)cc(OC)c1O. The molecule has 4 nitrogen and oxygen atoms in total. The summed E-state index contributed by atoms with van der Waals surface area (Å²) in [6.07, 6.45) is 2.64. The van der Waals surface area contributed by atoms with Crippen molar-refractivity contribution in [2.75, 3.05) is 14.2 Å². The first-order valence-corrected chi connectivity index (χ1v) is 5.08. The Morgan fingerprint density at radius 3 is 2.06 bits per heavy atom. The van der Waals surface area contributed by atoms with Crippen LogP contribution in [0.5, 0.6) is 17.2 Å². The molecule has 86 valence electrons. The molecule has 0 unspecified atom stereocenters. The molecule has 1 aromatic rings. The number of rotatable bonds is 4. The van der Waals surface area contributed by atoms with E-state index in [1.165, 1.54) is 14.2 Å². The monoisotopic (exact) mass is 222 g/mol. The zero-order valence-electron chi connectivity index (χ0n) is 9.32. The van der Waals surface area contributed by atoms with Crippen LogP contribution in [-0.4, -0.2) is 25.6 Å². The van der Waals surface area contributed by atoms with Crippen LogP contribution >= 0.6 is 0 Å². The highest BCUT2D eigenvalue weighted by molar-refractivity contribution is 5.74. The molecular weight excluding hydrogens is 208 g/mol. The fourth-order valence-corrected chi connectivity index (χ4v) is 1.79. The van der Waals surface area contributed by atoms with Crippen LogP contribution in [0.25, 0.3) is 0 Å². The van der Waals surface area contributed by atoms with Crippen molar-refractivity contribution in [1.82, 2.24) is 0 Å². The Hall–Kier alpha value is -1.71. The Bertz CT molecular complexity index is 396. The van der Waals surface area contributed by atoms with Gasteiger partial charge in [0, 0.05) is 0 Å². The number of ether oxygens (including phenoxy) is 2. The summed E-state index contributed by atoms with van der Waals surface area (Å²) in [5.74, 6) is 0.639. The summed E-state index contributed by atoms with van der Waals surface area (Å²) < 4.78 is 10.1. The van der Waals surface area contributed by atoms with Gasteiger partial charge in [0.1, 0.15) is 6.29 Å². The average molecular weight is 222 g/mol. The molecular formula is C12H14O4. The van der Waals surface area contributed by atoms with Gasteiger partial charge in [0.25, 0.3) is 0 Å². The highest BCUT2D eigenvalue weighted by Gasteiger charge is 2.45. The fraction of sp³-hybridized carbons (Fsp3) is 0.417. The van der Waals surface area contributed by atoms with Crippen LogP contribution < -0.4 is 9.47 Å². The van der Waals surface area contributed by atoms with Gasteiger partial charge in [-0.25, -0.2) is 0 Å². The fourth-order valence-electron chi connectivity index (χ4n) is 1.79. The lowest BCUT2D eigenvalue weighted by Crippen LogP contribution is -2.08. The second kappa shape index (κ2) is 3.70. The van der Waals surface area contributed by atoms with E-state index < -0.39 is 5.41 Å². The molecule has 0 aliphatic heterocycles. The summed E-state index contributed by atoms with van der Waals surface area (Å²) in [5, 5.41) is 9.73. The van der Waals surface area contributed by atoms with Gasteiger partial charge in [0.05, 0.1) is 19.6 Å². The van der Waals surface area contributed by atoms with Gasteiger partial charge in [0.15, 0.2) is 11.5 Å². The number of hydrogen-bond acceptors (Lipinski definition) is 4. The maximum Gasteiger partial charge on any atom is 0.200 e. The highest BCUT2D eigenvalue weighted by atomic mass is 16.5. The number of methoxy groups -OCH3 is 2. The van der Waals surface area contributed by atoms with Crippen molar-refractivity contribution in [3.63, 3.8) is 0 Å². The second-order valence-corrected chi connectivity index (χ2v) is 4.00. The van der Waals surface area contributed by atoms with E-state index >= 15 is 0 Å². The summed E-state index contributed by atoms with van der Waals surface area (Å²) in [6, 6.07) is 3.39. The summed E-state index contributed by atoms with van der Waals surface area (Å²) in [4.78, 5) is 11.0. The number of aromatic hydroxyl groups is 1. The van der Waals surface area contributed by atoms with Gasteiger partial charge in [-0.1, -0.05) is 0 Å². The molecule has 0 heterocycles. The number of phenolic OH excluding ortho intramolecular Hbond substituents is 1. The largest absolute Gasteiger partial charge is 0.502 e. The molecule has 0 radical (unpaired) electrons. The van der Waals surface area contributed by atoms with Crippen molar-refractivity contribution in [3.05, 3.63) is 17.7 Å². The summed E-state index contributed by atoms with van der Waals surface area (Å²) >= 11 is 0. The zero-order chi connectivity index (χ0) is 11.8. The molecule has 0 saturated heterocycles. The van der Waals surface area contributed by atoms with Crippen molar-refractivity contribution in [2.45, 2.75) is 18.3 Å². The lowest BCUT2D eigenvalue weighted by atomic mass is 9.97. The molecule has 1 aliphatic carbocycles. The number of phenols is 1. The standard InChI is InChI=1S/C12H14O4/c1-15-9-5-8(12(7-13)3-4-12)6-10(16-2)11(9)14/h5-7,14H,3-4H2,1-2H3. The minimum atomic E-state index is -0.395. The summed E-state index contributed by atoms with van der Waals surface area (Å²) in [7, 11) is 2.94. The minimum Gasteiger partial charge on any atom is -0.502 e. The van der Waals surface area contributed by atoms with Crippen LogP contribution in [0.15, 0.2) is 12.1 Å². The van der Waals surface area contributed by atoms with Crippen LogP contribution in [0, 0.1) is 0 Å². The Morgan fingerprint density at radius 1 is 1.25 bits per heavy atom. The van der Waals surface area contributed by atoms with E-state index in [0.29, 0.717) is 11.5 Å². The van der Waals surface area contributed by atoms with Crippen LogP contribution in [0.1, 0.15) is 18.4 Å². The third kappa shape index (κ3) is 1.50. The van der Waals surface area contributed by atoms with Crippen molar-refractivity contribution in [3.8, 4) is 17.2 Å². The van der Waals surface area contributed by atoms with E-state index in [0.717, 1.165) is 24.7 Å². The molecule has 0 aromatic heterocycles. The number of benzene rings is 1. The Labute approximate surface area is 93.8 Å². The van der Waals surface area contributed by atoms with Crippen LogP contribution in [0.3, 0.4) is 0 Å². The molecule has 1 aliphatic rings. The van der Waals surface area contributed by atoms with E-state index in [9.17, 15) is 9.90 Å². The molecule has 16 heavy (non-hydrogen) atoms. The number of hydrogen-bond donors (Lipinski definition) is 1. The van der Waals surface area contributed by atoms with Gasteiger partial charge >= 0.3 is 0 Å². The quantitative estimate of drug-likeness (QED) is 0.787. The molecule has 2 rings (SSSR count). The van der Waals surface area contributed by atoms with E-state index in [1.54, 1.807) is 12.1 Å². The maximum absolute atomic E-state index is 11.0.